The number of hydrogen-bond acceptors (Lipinski definition) is 5. The van der Waals surface area contributed by atoms with E-state index in [4.69, 9.17) is 11.6 Å². The minimum absolute atomic E-state index is 0.439. The van der Waals surface area contributed by atoms with E-state index >= 15 is 0 Å². The topological polar surface area (TPSA) is 38.7 Å². The second kappa shape index (κ2) is 4.52. The largest absolute Gasteiger partial charge is 0.243 e. The summed E-state index contributed by atoms with van der Waals surface area (Å²) in [6.45, 7) is 0. The van der Waals surface area contributed by atoms with Crippen molar-refractivity contribution in [1.29, 1.82) is 0 Å². The molecule has 0 N–H and O–H groups in total. The molecule has 3 heterocycles. The summed E-state index contributed by atoms with van der Waals surface area (Å²) in [7, 11) is 0. The van der Waals surface area contributed by atoms with Gasteiger partial charge < -0.3 is 0 Å². The smallest absolute Gasteiger partial charge is 0.171 e. The van der Waals surface area contributed by atoms with Crippen molar-refractivity contribution in [1.82, 2.24) is 15.0 Å². The van der Waals surface area contributed by atoms with Crippen LogP contribution in [0.1, 0.15) is 0 Å². The monoisotopic (exact) mass is 279 g/mol. The molecule has 3 aromatic rings. The van der Waals surface area contributed by atoms with Gasteiger partial charge in [0.2, 0.25) is 0 Å². The molecule has 0 spiro atoms. The van der Waals surface area contributed by atoms with Crippen LogP contribution in [0.15, 0.2) is 35.2 Å². The highest BCUT2D eigenvalue weighted by atomic mass is 35.5. The number of aromatic nitrogens is 3. The van der Waals surface area contributed by atoms with Gasteiger partial charge in [-0.25, -0.2) is 15.0 Å². The van der Waals surface area contributed by atoms with Crippen molar-refractivity contribution in [2.45, 2.75) is 0 Å². The summed E-state index contributed by atoms with van der Waals surface area (Å²) in [5, 5.41) is 5.19. The lowest BCUT2D eigenvalue weighted by Gasteiger charge is -2.00. The molecular formula is C11H6ClN3S2. The number of thiazole rings is 1. The van der Waals surface area contributed by atoms with Gasteiger partial charge in [0.05, 0.1) is 4.88 Å². The highest BCUT2D eigenvalue weighted by molar-refractivity contribution is 7.13. The molecule has 0 aliphatic heterocycles. The number of hydrogen-bond donors (Lipinski definition) is 0. The molecule has 0 saturated carbocycles. The van der Waals surface area contributed by atoms with Crippen LogP contribution >= 0.6 is 34.3 Å². The Labute approximate surface area is 111 Å². The summed E-state index contributed by atoms with van der Waals surface area (Å²) >= 11 is 9.14. The predicted octanol–water partition coefficient (Wildman–Crippen LogP) is 3.98. The summed E-state index contributed by atoms with van der Waals surface area (Å²) in [5.74, 6) is 0.651. The Bertz CT molecular complexity index is 568. The van der Waals surface area contributed by atoms with E-state index in [1.807, 2.05) is 22.9 Å². The molecule has 0 saturated heterocycles. The second-order valence-electron chi connectivity index (χ2n) is 3.21. The van der Waals surface area contributed by atoms with Crippen LogP contribution in [0.4, 0.5) is 0 Å². The quantitative estimate of drug-likeness (QED) is 0.666. The van der Waals surface area contributed by atoms with E-state index < -0.39 is 0 Å². The van der Waals surface area contributed by atoms with Crippen LogP contribution in [0.2, 0.25) is 5.15 Å². The van der Waals surface area contributed by atoms with Gasteiger partial charge in [-0.05, 0) is 11.4 Å². The lowest BCUT2D eigenvalue weighted by Crippen LogP contribution is -1.91. The Kier molecular flexibility index (Phi) is 2.88. The molecule has 0 fully saturated rings. The fraction of sp³-hybridized carbons (Fsp3) is 0. The van der Waals surface area contributed by atoms with Crippen molar-refractivity contribution in [3.8, 4) is 21.4 Å². The van der Waals surface area contributed by atoms with Crippen molar-refractivity contribution in [3.63, 3.8) is 0 Å². The zero-order valence-electron chi connectivity index (χ0n) is 8.50. The van der Waals surface area contributed by atoms with Gasteiger partial charge >= 0.3 is 0 Å². The molecule has 0 atom stereocenters. The predicted molar refractivity (Wildman–Crippen MR) is 71.5 cm³/mol. The minimum atomic E-state index is 0.439. The van der Waals surface area contributed by atoms with Crippen LogP contribution in [-0.4, -0.2) is 15.0 Å². The van der Waals surface area contributed by atoms with Crippen molar-refractivity contribution in [2.75, 3.05) is 0 Å². The summed E-state index contributed by atoms with van der Waals surface area (Å²) in [4.78, 5) is 13.9. The van der Waals surface area contributed by atoms with E-state index in [0.717, 1.165) is 15.6 Å². The number of nitrogens with zero attached hydrogens (tertiary/aromatic N) is 3. The van der Waals surface area contributed by atoms with Crippen LogP contribution in [0.25, 0.3) is 21.4 Å². The number of rotatable bonds is 2. The van der Waals surface area contributed by atoms with Gasteiger partial charge in [0.25, 0.3) is 0 Å². The Morgan fingerprint density at radius 3 is 2.76 bits per heavy atom. The van der Waals surface area contributed by atoms with Crippen LogP contribution in [0.5, 0.6) is 0 Å². The van der Waals surface area contributed by atoms with Crippen molar-refractivity contribution in [2.24, 2.45) is 0 Å². The molecule has 17 heavy (non-hydrogen) atoms. The van der Waals surface area contributed by atoms with E-state index in [2.05, 4.69) is 15.0 Å². The second-order valence-corrected chi connectivity index (χ2v) is 5.44. The fourth-order valence-corrected chi connectivity index (χ4v) is 2.83. The molecule has 0 amide bonds. The van der Waals surface area contributed by atoms with Crippen LogP contribution in [-0.2, 0) is 0 Å². The summed E-state index contributed by atoms with van der Waals surface area (Å²) in [5.41, 5.74) is 0.767. The average Bonchev–Trinajstić information content (AvgIpc) is 3.02. The van der Waals surface area contributed by atoms with Gasteiger partial charge in [-0.15, -0.1) is 22.7 Å². The molecule has 6 heteroatoms. The van der Waals surface area contributed by atoms with Gasteiger partial charge in [0, 0.05) is 17.6 Å². The Morgan fingerprint density at radius 1 is 1.12 bits per heavy atom. The molecule has 3 rings (SSSR count). The molecule has 3 aromatic heterocycles. The van der Waals surface area contributed by atoms with Crippen LogP contribution in [0.3, 0.4) is 0 Å². The highest BCUT2D eigenvalue weighted by Gasteiger charge is 2.09. The summed E-state index contributed by atoms with van der Waals surface area (Å²) in [6, 6.07) is 5.67. The molecule has 3 nitrogen and oxygen atoms in total. The molecule has 0 aliphatic rings. The van der Waals surface area contributed by atoms with Crippen molar-refractivity contribution < 1.29 is 0 Å². The standard InChI is InChI=1S/C11H6ClN3S2/c12-9-6-7(11-13-3-5-17-11)14-10(15-9)8-2-1-4-16-8/h1-6H. The molecule has 0 radical (unpaired) electrons. The molecule has 0 aliphatic carbocycles. The molecule has 0 bridgehead atoms. The van der Waals surface area contributed by atoms with Crippen LogP contribution < -0.4 is 0 Å². The van der Waals surface area contributed by atoms with E-state index in [1.165, 1.54) is 11.3 Å². The summed E-state index contributed by atoms with van der Waals surface area (Å²) < 4.78 is 0. The minimum Gasteiger partial charge on any atom is -0.243 e. The fourth-order valence-electron chi connectivity index (χ4n) is 1.39. The molecule has 0 unspecified atom stereocenters. The zero-order chi connectivity index (χ0) is 11.7. The van der Waals surface area contributed by atoms with E-state index in [9.17, 15) is 0 Å². The Balaban J connectivity index is 2.13. The number of thiophene rings is 1. The third-order valence-electron chi connectivity index (χ3n) is 2.09. The molecule has 0 aromatic carbocycles. The third-order valence-corrected chi connectivity index (χ3v) is 3.94. The first-order valence-electron chi connectivity index (χ1n) is 4.81. The van der Waals surface area contributed by atoms with E-state index in [-0.39, 0.29) is 0 Å². The SMILES string of the molecule is Clc1cc(-c2nccs2)nc(-c2cccs2)n1. The Hall–Kier alpha value is -1.30. The maximum atomic E-state index is 6.01. The average molecular weight is 280 g/mol. The molecule has 84 valence electrons. The van der Waals surface area contributed by atoms with E-state index in [1.54, 1.807) is 23.6 Å². The first-order valence-corrected chi connectivity index (χ1v) is 6.95. The van der Waals surface area contributed by atoms with Gasteiger partial charge in [-0.1, -0.05) is 17.7 Å². The number of halogens is 1. The molecular weight excluding hydrogens is 274 g/mol. The van der Waals surface area contributed by atoms with Crippen molar-refractivity contribution in [3.05, 3.63) is 40.3 Å². The first-order chi connectivity index (χ1) is 8.33. The first kappa shape index (κ1) is 10.8. The highest BCUT2D eigenvalue weighted by Crippen LogP contribution is 2.27. The summed E-state index contributed by atoms with van der Waals surface area (Å²) in [6.07, 6.45) is 1.75. The third kappa shape index (κ3) is 2.22. The van der Waals surface area contributed by atoms with Crippen LogP contribution in [0, 0.1) is 0 Å². The normalized spacial score (nSPS) is 10.6. The lowest BCUT2D eigenvalue weighted by molar-refractivity contribution is 1.18. The maximum absolute atomic E-state index is 6.01. The lowest BCUT2D eigenvalue weighted by atomic mass is 10.4. The maximum Gasteiger partial charge on any atom is 0.171 e. The Morgan fingerprint density at radius 2 is 2.06 bits per heavy atom. The van der Waals surface area contributed by atoms with Gasteiger partial charge in [0.15, 0.2) is 5.82 Å². The van der Waals surface area contributed by atoms with E-state index in [0.29, 0.717) is 11.0 Å². The van der Waals surface area contributed by atoms with Gasteiger partial charge in [-0.3, -0.25) is 0 Å². The van der Waals surface area contributed by atoms with Gasteiger partial charge in [-0.2, -0.15) is 0 Å². The van der Waals surface area contributed by atoms with Gasteiger partial charge in [0.1, 0.15) is 15.9 Å². The zero-order valence-corrected chi connectivity index (χ0v) is 10.9. The van der Waals surface area contributed by atoms with Crippen molar-refractivity contribution >= 4 is 34.3 Å².